The Bertz CT molecular complexity index is 1390. The van der Waals surface area contributed by atoms with Crippen LogP contribution in [0.15, 0.2) is 89.3 Å². The van der Waals surface area contributed by atoms with Crippen molar-refractivity contribution in [3.05, 3.63) is 96.1 Å². The number of hydrogen-bond donors (Lipinski definition) is 0. The number of fused-ring (bicyclic) bond motifs is 6. The summed E-state index contributed by atoms with van der Waals surface area (Å²) in [5, 5.41) is 2.21. The fourth-order valence-electron chi connectivity index (χ4n) is 4.26. The summed E-state index contributed by atoms with van der Waals surface area (Å²) in [7, 11) is 0. The summed E-state index contributed by atoms with van der Waals surface area (Å²) in [6.45, 7) is 0. The molecule has 0 unspecified atom stereocenters. The largest absolute Gasteiger partial charge is 0.455 e. The Hall–Kier alpha value is -3.65. The molecule has 4 aromatic carbocycles. The average molecular weight is 346 g/mol. The number of carbonyl (C=O) groups is 1. The molecule has 0 bridgehead atoms. The SMILES string of the molecule is O=C1c2ccccc2-c2c1cccc2-c1cccc2c1oc1ccccc12. The second-order valence-electron chi connectivity index (χ2n) is 6.88. The van der Waals surface area contributed by atoms with E-state index in [4.69, 9.17) is 4.42 Å². The lowest BCUT2D eigenvalue weighted by Crippen LogP contribution is -1.94. The van der Waals surface area contributed by atoms with E-state index in [1.165, 1.54) is 0 Å². The van der Waals surface area contributed by atoms with E-state index >= 15 is 0 Å². The molecule has 2 heteroatoms. The van der Waals surface area contributed by atoms with Crippen LogP contribution >= 0.6 is 0 Å². The molecule has 0 amide bonds. The van der Waals surface area contributed by atoms with Crippen LogP contribution in [0.3, 0.4) is 0 Å². The highest BCUT2D eigenvalue weighted by atomic mass is 16.3. The molecule has 1 aromatic heterocycles. The Morgan fingerprint density at radius 3 is 2.07 bits per heavy atom. The van der Waals surface area contributed by atoms with Gasteiger partial charge in [-0.2, -0.15) is 0 Å². The van der Waals surface area contributed by atoms with Gasteiger partial charge in [-0.05, 0) is 17.2 Å². The fraction of sp³-hybridized carbons (Fsp3) is 0. The van der Waals surface area contributed by atoms with Gasteiger partial charge in [0.15, 0.2) is 5.78 Å². The molecule has 0 aliphatic heterocycles. The number of benzene rings is 4. The van der Waals surface area contributed by atoms with Crippen molar-refractivity contribution in [2.75, 3.05) is 0 Å². The molecule has 1 aliphatic rings. The summed E-state index contributed by atoms with van der Waals surface area (Å²) in [4.78, 5) is 12.9. The lowest BCUT2D eigenvalue weighted by atomic mass is 9.93. The maximum atomic E-state index is 12.9. The fourth-order valence-corrected chi connectivity index (χ4v) is 4.26. The third-order valence-corrected chi connectivity index (χ3v) is 5.44. The summed E-state index contributed by atoms with van der Waals surface area (Å²) >= 11 is 0. The van der Waals surface area contributed by atoms with Gasteiger partial charge in [-0.1, -0.05) is 78.9 Å². The van der Waals surface area contributed by atoms with Crippen molar-refractivity contribution < 1.29 is 9.21 Å². The number of ketones is 1. The molecule has 6 rings (SSSR count). The topological polar surface area (TPSA) is 30.2 Å². The van der Waals surface area contributed by atoms with Crippen LogP contribution in [0.1, 0.15) is 15.9 Å². The first-order valence-electron chi connectivity index (χ1n) is 9.01. The zero-order valence-electron chi connectivity index (χ0n) is 14.4. The summed E-state index contributed by atoms with van der Waals surface area (Å²) in [6, 6.07) is 28.1. The third kappa shape index (κ3) is 1.87. The van der Waals surface area contributed by atoms with Crippen molar-refractivity contribution >= 4 is 27.7 Å². The highest BCUT2D eigenvalue weighted by Gasteiger charge is 2.29. The third-order valence-electron chi connectivity index (χ3n) is 5.44. The monoisotopic (exact) mass is 346 g/mol. The number of carbonyl (C=O) groups excluding carboxylic acids is 1. The van der Waals surface area contributed by atoms with Crippen molar-refractivity contribution in [1.29, 1.82) is 0 Å². The minimum atomic E-state index is 0.0965. The molecule has 0 N–H and O–H groups in total. The summed E-state index contributed by atoms with van der Waals surface area (Å²) in [6.07, 6.45) is 0. The van der Waals surface area contributed by atoms with Gasteiger partial charge in [0, 0.05) is 33.0 Å². The Balaban J connectivity index is 1.73. The zero-order chi connectivity index (χ0) is 18.0. The van der Waals surface area contributed by atoms with Gasteiger partial charge in [-0.25, -0.2) is 0 Å². The second kappa shape index (κ2) is 5.18. The zero-order valence-corrected chi connectivity index (χ0v) is 14.4. The van der Waals surface area contributed by atoms with Gasteiger partial charge >= 0.3 is 0 Å². The molecule has 0 atom stereocenters. The molecule has 1 aliphatic carbocycles. The lowest BCUT2D eigenvalue weighted by molar-refractivity contribution is 0.104. The van der Waals surface area contributed by atoms with Crippen LogP contribution in [0, 0.1) is 0 Å². The van der Waals surface area contributed by atoms with E-state index < -0.39 is 0 Å². The highest BCUT2D eigenvalue weighted by molar-refractivity contribution is 6.24. The van der Waals surface area contributed by atoms with Gasteiger partial charge in [0.1, 0.15) is 11.2 Å². The Morgan fingerprint density at radius 1 is 0.519 bits per heavy atom. The number of rotatable bonds is 1. The maximum absolute atomic E-state index is 12.9. The molecule has 27 heavy (non-hydrogen) atoms. The second-order valence-corrected chi connectivity index (χ2v) is 6.88. The van der Waals surface area contributed by atoms with Crippen molar-refractivity contribution in [3.8, 4) is 22.3 Å². The number of para-hydroxylation sites is 2. The van der Waals surface area contributed by atoms with E-state index in [-0.39, 0.29) is 5.78 Å². The smallest absolute Gasteiger partial charge is 0.194 e. The summed E-state index contributed by atoms with van der Waals surface area (Å²) < 4.78 is 6.23. The molecular formula is C25H14O2. The van der Waals surface area contributed by atoms with Crippen molar-refractivity contribution in [3.63, 3.8) is 0 Å². The molecule has 0 radical (unpaired) electrons. The van der Waals surface area contributed by atoms with Gasteiger partial charge in [0.05, 0.1) is 0 Å². The number of furan rings is 1. The molecule has 0 fully saturated rings. The standard InChI is InChI=1S/C25H14O2/c26-24-18-9-2-1-8-16(18)23-17(10-5-13-21(23)24)20-12-6-11-19-15-7-3-4-14-22(15)27-25(19)20/h1-14H. The summed E-state index contributed by atoms with van der Waals surface area (Å²) in [5.41, 5.74) is 7.35. The molecule has 1 heterocycles. The predicted octanol–water partition coefficient (Wildman–Crippen LogP) is 6.46. The maximum Gasteiger partial charge on any atom is 0.194 e. The van der Waals surface area contributed by atoms with Crippen LogP contribution in [0.25, 0.3) is 44.2 Å². The normalized spacial score (nSPS) is 12.5. The van der Waals surface area contributed by atoms with Crippen molar-refractivity contribution in [2.45, 2.75) is 0 Å². The minimum absolute atomic E-state index is 0.0965. The Morgan fingerprint density at radius 2 is 1.15 bits per heavy atom. The van der Waals surface area contributed by atoms with Gasteiger partial charge in [-0.15, -0.1) is 0 Å². The van der Waals surface area contributed by atoms with Gasteiger partial charge in [0.25, 0.3) is 0 Å². The number of hydrogen-bond acceptors (Lipinski definition) is 2. The highest BCUT2D eigenvalue weighted by Crippen LogP contribution is 2.45. The van der Waals surface area contributed by atoms with Crippen LogP contribution in [-0.2, 0) is 0 Å². The molecule has 2 nitrogen and oxygen atoms in total. The van der Waals surface area contributed by atoms with Crippen molar-refractivity contribution in [1.82, 2.24) is 0 Å². The summed E-state index contributed by atoms with van der Waals surface area (Å²) in [5.74, 6) is 0.0965. The van der Waals surface area contributed by atoms with E-state index in [0.717, 1.165) is 55.3 Å². The van der Waals surface area contributed by atoms with Gasteiger partial charge < -0.3 is 4.42 Å². The quantitative estimate of drug-likeness (QED) is 0.342. The lowest BCUT2D eigenvalue weighted by Gasteiger charge is -2.10. The van der Waals surface area contributed by atoms with E-state index in [1.54, 1.807) is 0 Å². The van der Waals surface area contributed by atoms with Gasteiger partial charge in [0.2, 0.25) is 0 Å². The first kappa shape index (κ1) is 14.5. The van der Waals surface area contributed by atoms with E-state index in [1.807, 2.05) is 54.6 Å². The Kier molecular flexibility index (Phi) is 2.78. The predicted molar refractivity (Wildman–Crippen MR) is 108 cm³/mol. The van der Waals surface area contributed by atoms with E-state index in [9.17, 15) is 4.79 Å². The molecule has 0 saturated heterocycles. The van der Waals surface area contributed by atoms with Crippen LogP contribution in [-0.4, -0.2) is 5.78 Å². The van der Waals surface area contributed by atoms with Crippen LogP contribution in [0.5, 0.6) is 0 Å². The first-order valence-corrected chi connectivity index (χ1v) is 9.01. The Labute approximate surface area is 155 Å². The van der Waals surface area contributed by atoms with E-state index in [0.29, 0.717) is 0 Å². The molecule has 5 aromatic rings. The van der Waals surface area contributed by atoms with Gasteiger partial charge in [-0.3, -0.25) is 4.79 Å². The van der Waals surface area contributed by atoms with Crippen LogP contribution < -0.4 is 0 Å². The molecular weight excluding hydrogens is 332 g/mol. The molecule has 0 saturated carbocycles. The van der Waals surface area contributed by atoms with Crippen LogP contribution in [0.2, 0.25) is 0 Å². The van der Waals surface area contributed by atoms with Crippen molar-refractivity contribution in [2.24, 2.45) is 0 Å². The first-order chi connectivity index (χ1) is 13.3. The minimum Gasteiger partial charge on any atom is -0.455 e. The molecule has 126 valence electrons. The van der Waals surface area contributed by atoms with Crippen LogP contribution in [0.4, 0.5) is 0 Å². The molecule has 0 spiro atoms. The van der Waals surface area contributed by atoms with E-state index in [2.05, 4.69) is 30.3 Å². The average Bonchev–Trinajstić information content (AvgIpc) is 3.24.